The van der Waals surface area contributed by atoms with Crippen molar-refractivity contribution in [1.82, 2.24) is 0 Å². The molecule has 1 atom stereocenters. The second-order valence-corrected chi connectivity index (χ2v) is 8.07. The summed E-state index contributed by atoms with van der Waals surface area (Å²) in [6.07, 6.45) is -4.10. The molecule has 0 spiro atoms. The largest absolute Gasteiger partial charge is 0.503 e. The number of hydrogen-bond donors (Lipinski definition) is 1. The molecule has 180 valence electrons. The van der Waals surface area contributed by atoms with E-state index in [1.807, 2.05) is 30.3 Å². The predicted molar refractivity (Wildman–Crippen MR) is 124 cm³/mol. The van der Waals surface area contributed by atoms with Crippen molar-refractivity contribution in [2.24, 2.45) is 0 Å². The topological polar surface area (TPSA) is 66.8 Å². The van der Waals surface area contributed by atoms with Crippen LogP contribution >= 0.6 is 0 Å². The van der Waals surface area contributed by atoms with Crippen LogP contribution in [0.4, 0.5) is 18.9 Å². The van der Waals surface area contributed by atoms with Crippen LogP contribution < -0.4 is 9.64 Å². The fourth-order valence-corrected chi connectivity index (χ4v) is 4.13. The minimum Gasteiger partial charge on any atom is -0.503 e. The highest BCUT2D eigenvalue weighted by molar-refractivity contribution is 6.16. The molecule has 0 fully saturated rings. The zero-order valence-electron chi connectivity index (χ0n) is 18.8. The minimum absolute atomic E-state index is 0.0397. The molecule has 0 aromatic heterocycles. The van der Waals surface area contributed by atoms with Crippen LogP contribution in [0.3, 0.4) is 0 Å². The van der Waals surface area contributed by atoms with Crippen LogP contribution in [-0.2, 0) is 22.2 Å². The first-order chi connectivity index (χ1) is 16.7. The number of Topliss-reactive ketones (excluding diaryl/α,β-unsaturated/α-hetero) is 1. The van der Waals surface area contributed by atoms with E-state index in [1.54, 1.807) is 24.3 Å². The summed E-state index contributed by atoms with van der Waals surface area (Å²) in [5.41, 5.74) is 0.543. The second kappa shape index (κ2) is 9.66. The number of amides is 1. The number of aliphatic hydroxyl groups is 1. The molecule has 1 N–H and O–H groups in total. The normalized spacial score (nSPS) is 16.1. The van der Waals surface area contributed by atoms with Gasteiger partial charge in [0.05, 0.1) is 24.3 Å². The number of aliphatic hydroxyl groups excluding tert-OH is 1. The number of alkyl halides is 3. The maximum Gasteiger partial charge on any atom is 0.416 e. The summed E-state index contributed by atoms with van der Waals surface area (Å²) >= 11 is 0. The first kappa shape index (κ1) is 24.1. The van der Waals surface area contributed by atoms with E-state index in [4.69, 9.17) is 4.74 Å². The molecule has 1 aliphatic rings. The Balaban J connectivity index is 1.74. The summed E-state index contributed by atoms with van der Waals surface area (Å²) in [6.45, 7) is 0. The number of rotatable bonds is 7. The molecule has 0 saturated carbocycles. The van der Waals surface area contributed by atoms with Crippen LogP contribution in [0, 0.1) is 0 Å². The van der Waals surface area contributed by atoms with E-state index in [1.165, 1.54) is 7.11 Å². The van der Waals surface area contributed by atoms with Gasteiger partial charge in [-0.2, -0.15) is 13.2 Å². The number of nitrogens with zero attached hydrogens (tertiary/aromatic N) is 1. The van der Waals surface area contributed by atoms with Gasteiger partial charge in [0.25, 0.3) is 5.91 Å². The summed E-state index contributed by atoms with van der Waals surface area (Å²) < 4.78 is 44.5. The zero-order chi connectivity index (χ0) is 25.2. The van der Waals surface area contributed by atoms with Gasteiger partial charge in [-0.25, -0.2) is 0 Å². The quantitative estimate of drug-likeness (QED) is 0.462. The Morgan fingerprint density at radius 2 is 1.69 bits per heavy atom. The van der Waals surface area contributed by atoms with Gasteiger partial charge in [-0.1, -0.05) is 42.5 Å². The smallest absolute Gasteiger partial charge is 0.416 e. The SMILES string of the molecule is COc1cccc(C2C(C(=O)CCc3ccccc3)=C(O)C(=O)N2c2ccc(C(F)(F)F)cc2)c1. The van der Waals surface area contributed by atoms with Crippen LogP contribution in [0.15, 0.2) is 90.2 Å². The zero-order valence-corrected chi connectivity index (χ0v) is 18.8. The van der Waals surface area contributed by atoms with E-state index in [9.17, 15) is 27.9 Å². The van der Waals surface area contributed by atoms with Gasteiger partial charge in [0.2, 0.25) is 0 Å². The number of aryl methyl sites for hydroxylation is 1. The molecule has 0 saturated heterocycles. The van der Waals surface area contributed by atoms with Gasteiger partial charge < -0.3 is 9.84 Å². The Kier molecular flexibility index (Phi) is 6.64. The summed E-state index contributed by atoms with van der Waals surface area (Å²) in [4.78, 5) is 27.6. The molecule has 35 heavy (non-hydrogen) atoms. The summed E-state index contributed by atoms with van der Waals surface area (Å²) in [5, 5.41) is 10.8. The third kappa shape index (κ3) is 4.91. The molecular weight excluding hydrogens is 459 g/mol. The Bertz CT molecular complexity index is 1270. The monoisotopic (exact) mass is 481 g/mol. The van der Waals surface area contributed by atoms with Crippen molar-refractivity contribution in [2.45, 2.75) is 25.1 Å². The van der Waals surface area contributed by atoms with E-state index in [0.29, 0.717) is 17.7 Å². The van der Waals surface area contributed by atoms with Crippen molar-refractivity contribution >= 4 is 17.4 Å². The van der Waals surface area contributed by atoms with Gasteiger partial charge in [0, 0.05) is 12.1 Å². The van der Waals surface area contributed by atoms with Crippen molar-refractivity contribution in [3.63, 3.8) is 0 Å². The average molecular weight is 481 g/mol. The molecule has 1 heterocycles. The molecule has 1 aliphatic heterocycles. The van der Waals surface area contributed by atoms with Crippen LogP contribution in [0.2, 0.25) is 0 Å². The standard InChI is InChI=1S/C27H22F3NO4/c1-35-21-9-5-8-18(16-21)24-23(22(32)15-10-17-6-3-2-4-7-17)25(33)26(34)31(24)20-13-11-19(12-14-20)27(28,29)30/h2-9,11-14,16,24,33H,10,15H2,1H3. The van der Waals surface area contributed by atoms with Crippen molar-refractivity contribution in [1.29, 1.82) is 0 Å². The first-order valence-electron chi connectivity index (χ1n) is 10.9. The average Bonchev–Trinajstić information content (AvgIpc) is 3.13. The highest BCUT2D eigenvalue weighted by Gasteiger charge is 2.44. The van der Waals surface area contributed by atoms with Crippen LogP contribution in [-0.4, -0.2) is 23.9 Å². The van der Waals surface area contributed by atoms with Crippen molar-refractivity contribution in [2.75, 3.05) is 12.0 Å². The van der Waals surface area contributed by atoms with Gasteiger partial charge in [-0.3, -0.25) is 14.5 Å². The van der Waals surface area contributed by atoms with Gasteiger partial charge in [-0.15, -0.1) is 0 Å². The molecule has 3 aromatic rings. The highest BCUT2D eigenvalue weighted by Crippen LogP contribution is 2.43. The fraction of sp³-hybridized carbons (Fsp3) is 0.185. The number of ether oxygens (including phenoxy) is 1. The number of anilines is 1. The van der Waals surface area contributed by atoms with Gasteiger partial charge in [-0.05, 0) is 53.9 Å². The molecule has 0 radical (unpaired) electrons. The Morgan fingerprint density at radius 1 is 1.00 bits per heavy atom. The number of halogens is 3. The lowest BCUT2D eigenvalue weighted by molar-refractivity contribution is -0.137. The fourth-order valence-electron chi connectivity index (χ4n) is 4.13. The lowest BCUT2D eigenvalue weighted by Crippen LogP contribution is -2.31. The highest BCUT2D eigenvalue weighted by atomic mass is 19.4. The van der Waals surface area contributed by atoms with E-state index >= 15 is 0 Å². The molecule has 4 rings (SSSR count). The summed E-state index contributed by atoms with van der Waals surface area (Å²) in [7, 11) is 1.46. The summed E-state index contributed by atoms with van der Waals surface area (Å²) in [5.74, 6) is -1.54. The van der Waals surface area contributed by atoms with E-state index < -0.39 is 35.2 Å². The number of benzene rings is 3. The lowest BCUT2D eigenvalue weighted by atomic mass is 9.93. The van der Waals surface area contributed by atoms with Crippen LogP contribution in [0.25, 0.3) is 0 Å². The number of carbonyl (C=O) groups is 2. The molecule has 5 nitrogen and oxygen atoms in total. The molecule has 3 aromatic carbocycles. The van der Waals surface area contributed by atoms with E-state index in [0.717, 1.165) is 34.7 Å². The lowest BCUT2D eigenvalue weighted by Gasteiger charge is -2.27. The maximum atomic E-state index is 13.3. The van der Waals surface area contributed by atoms with E-state index in [-0.39, 0.29) is 17.7 Å². The van der Waals surface area contributed by atoms with Gasteiger partial charge in [0.15, 0.2) is 11.5 Å². The molecule has 8 heteroatoms. The number of carbonyl (C=O) groups excluding carboxylic acids is 2. The third-order valence-electron chi connectivity index (χ3n) is 5.87. The predicted octanol–water partition coefficient (Wildman–Crippen LogP) is 5.82. The maximum absolute atomic E-state index is 13.3. The number of ketones is 1. The first-order valence-corrected chi connectivity index (χ1v) is 10.9. The van der Waals surface area contributed by atoms with Crippen molar-refractivity contribution in [3.05, 3.63) is 107 Å². The molecule has 1 amide bonds. The number of methoxy groups -OCH3 is 1. The molecule has 0 aliphatic carbocycles. The van der Waals surface area contributed by atoms with Crippen molar-refractivity contribution < 1.29 is 32.6 Å². The van der Waals surface area contributed by atoms with Crippen LogP contribution in [0.5, 0.6) is 5.75 Å². The Labute approximate surface area is 200 Å². The molecule has 1 unspecified atom stereocenters. The van der Waals surface area contributed by atoms with E-state index in [2.05, 4.69) is 0 Å². The Morgan fingerprint density at radius 3 is 2.31 bits per heavy atom. The number of hydrogen-bond acceptors (Lipinski definition) is 4. The third-order valence-corrected chi connectivity index (χ3v) is 5.87. The van der Waals surface area contributed by atoms with Gasteiger partial charge in [0.1, 0.15) is 5.75 Å². The van der Waals surface area contributed by atoms with Gasteiger partial charge >= 0.3 is 6.18 Å². The Hall–Kier alpha value is -4.07. The molecular formula is C27H22F3NO4. The second-order valence-electron chi connectivity index (χ2n) is 8.07. The minimum atomic E-state index is -4.54. The van der Waals surface area contributed by atoms with Crippen LogP contribution in [0.1, 0.15) is 29.2 Å². The molecule has 0 bridgehead atoms. The van der Waals surface area contributed by atoms with Crippen molar-refractivity contribution in [3.8, 4) is 5.75 Å². The summed E-state index contributed by atoms with van der Waals surface area (Å²) in [6, 6.07) is 18.9.